The smallest absolute Gasteiger partial charge is 0.187 e. The van der Waals surface area contributed by atoms with E-state index >= 15 is 0 Å². The van der Waals surface area contributed by atoms with E-state index in [1.54, 1.807) is 6.08 Å². The number of carbonyl (C=O) groups excluding carboxylic acids is 1. The first-order valence-electron chi connectivity index (χ1n) is 10.3. The molecule has 1 N–H and O–H groups in total. The Balaban J connectivity index is 1.67. The molecule has 0 heterocycles. The monoisotopic (exact) mass is 401 g/mol. The molecule has 0 saturated heterocycles. The Morgan fingerprint density at radius 3 is 1.81 bits per heavy atom. The van der Waals surface area contributed by atoms with Crippen molar-refractivity contribution in [3.8, 4) is 0 Å². The third kappa shape index (κ3) is 5.46. The van der Waals surface area contributed by atoms with Gasteiger partial charge in [0, 0.05) is 23.0 Å². The van der Waals surface area contributed by atoms with Gasteiger partial charge in [-0.1, -0.05) is 121 Å². The first kappa shape index (κ1) is 20.1. The highest BCUT2D eigenvalue weighted by Crippen LogP contribution is 2.24. The van der Waals surface area contributed by atoms with Crippen molar-refractivity contribution in [3.63, 3.8) is 0 Å². The Bertz CT molecular complexity index is 1190. The summed E-state index contributed by atoms with van der Waals surface area (Å²) < 4.78 is 0. The van der Waals surface area contributed by atoms with E-state index in [9.17, 15) is 4.79 Å². The number of allylic oxidation sites excluding steroid dienone is 1. The minimum Gasteiger partial charge on any atom is -0.354 e. The molecule has 0 aliphatic carbocycles. The van der Waals surface area contributed by atoms with E-state index in [0.29, 0.717) is 5.56 Å². The molecule has 4 aromatic rings. The number of rotatable bonds is 7. The van der Waals surface area contributed by atoms with Crippen LogP contribution in [0.25, 0.3) is 17.8 Å². The van der Waals surface area contributed by atoms with Gasteiger partial charge in [-0.2, -0.15) is 0 Å². The van der Waals surface area contributed by atoms with E-state index in [1.807, 2.05) is 97.1 Å². The summed E-state index contributed by atoms with van der Waals surface area (Å²) >= 11 is 0. The number of anilines is 1. The van der Waals surface area contributed by atoms with Crippen LogP contribution in [-0.4, -0.2) is 5.78 Å². The van der Waals surface area contributed by atoms with Crippen LogP contribution in [0.2, 0.25) is 0 Å². The summed E-state index contributed by atoms with van der Waals surface area (Å²) in [6.45, 7) is 0. The molecule has 150 valence electrons. The lowest BCUT2D eigenvalue weighted by Gasteiger charge is -2.14. The highest BCUT2D eigenvalue weighted by atomic mass is 16.1. The quantitative estimate of drug-likeness (QED) is 0.202. The normalized spacial score (nSPS) is 11.4. The van der Waals surface area contributed by atoms with E-state index < -0.39 is 0 Å². The first-order valence-corrected chi connectivity index (χ1v) is 10.3. The molecule has 0 radical (unpaired) electrons. The van der Waals surface area contributed by atoms with Crippen LogP contribution < -0.4 is 5.32 Å². The van der Waals surface area contributed by atoms with Crippen molar-refractivity contribution in [3.05, 3.63) is 144 Å². The van der Waals surface area contributed by atoms with Crippen molar-refractivity contribution in [1.82, 2.24) is 0 Å². The molecule has 0 saturated carbocycles. The van der Waals surface area contributed by atoms with Gasteiger partial charge in [0.2, 0.25) is 0 Å². The number of ketones is 1. The number of hydrogen-bond acceptors (Lipinski definition) is 2. The predicted molar refractivity (Wildman–Crippen MR) is 131 cm³/mol. The number of hydrogen-bond donors (Lipinski definition) is 1. The molecule has 0 aliphatic rings. The molecule has 4 aromatic carbocycles. The van der Waals surface area contributed by atoms with Gasteiger partial charge in [-0.3, -0.25) is 4.79 Å². The van der Waals surface area contributed by atoms with Crippen molar-refractivity contribution < 1.29 is 4.79 Å². The Morgan fingerprint density at radius 1 is 0.581 bits per heavy atom. The third-order valence-corrected chi connectivity index (χ3v) is 4.90. The summed E-state index contributed by atoms with van der Waals surface area (Å²) in [6, 6.07) is 37.5. The third-order valence-electron chi connectivity index (χ3n) is 4.90. The van der Waals surface area contributed by atoms with Gasteiger partial charge in [-0.05, 0) is 22.8 Å². The fraction of sp³-hybridized carbons (Fsp3) is 0. The second-order valence-electron chi connectivity index (χ2n) is 7.11. The average molecular weight is 402 g/mol. The van der Waals surface area contributed by atoms with Crippen LogP contribution in [0.3, 0.4) is 0 Å². The van der Waals surface area contributed by atoms with Crippen molar-refractivity contribution in [1.29, 1.82) is 0 Å². The Hall–Kier alpha value is -4.17. The zero-order valence-corrected chi connectivity index (χ0v) is 17.1. The minimum atomic E-state index is -0.0377. The number of carbonyl (C=O) groups is 1. The fourth-order valence-electron chi connectivity index (χ4n) is 3.28. The van der Waals surface area contributed by atoms with Gasteiger partial charge in [0.15, 0.2) is 5.78 Å². The maximum Gasteiger partial charge on any atom is 0.187 e. The Kier molecular flexibility index (Phi) is 6.51. The van der Waals surface area contributed by atoms with E-state index in [0.717, 1.165) is 28.1 Å². The number of nitrogens with one attached hydrogen (secondary N) is 1. The molecule has 0 fully saturated rings. The van der Waals surface area contributed by atoms with Gasteiger partial charge >= 0.3 is 0 Å². The van der Waals surface area contributed by atoms with Crippen molar-refractivity contribution in [2.24, 2.45) is 0 Å². The van der Waals surface area contributed by atoms with Crippen molar-refractivity contribution >= 4 is 29.3 Å². The zero-order chi connectivity index (χ0) is 21.3. The standard InChI is InChI=1S/C29H23NO/c31-29(26-17-8-3-9-18-26)22-28(24-14-6-2-7-15-24)30-27-19-11-10-16-25(27)21-20-23-12-4-1-5-13-23/h1-22,30H/b21-20+,28-22-. The Labute approximate surface area is 183 Å². The van der Waals surface area contributed by atoms with Crippen LogP contribution in [-0.2, 0) is 0 Å². The average Bonchev–Trinajstić information content (AvgIpc) is 2.85. The summed E-state index contributed by atoms with van der Waals surface area (Å²) in [4.78, 5) is 12.9. The summed E-state index contributed by atoms with van der Waals surface area (Å²) in [5, 5.41) is 3.49. The number of benzene rings is 4. The van der Waals surface area contributed by atoms with E-state index in [2.05, 4.69) is 35.7 Å². The molecule has 4 rings (SSSR count). The van der Waals surface area contributed by atoms with Crippen LogP contribution in [0.15, 0.2) is 121 Å². The van der Waals surface area contributed by atoms with Gasteiger partial charge < -0.3 is 5.32 Å². The van der Waals surface area contributed by atoms with Gasteiger partial charge in [-0.15, -0.1) is 0 Å². The van der Waals surface area contributed by atoms with Gasteiger partial charge in [0.05, 0.1) is 0 Å². The van der Waals surface area contributed by atoms with Gasteiger partial charge in [-0.25, -0.2) is 0 Å². The predicted octanol–water partition coefficient (Wildman–Crippen LogP) is 7.19. The summed E-state index contributed by atoms with van der Waals surface area (Å²) in [5.74, 6) is -0.0377. The van der Waals surface area contributed by atoms with Crippen molar-refractivity contribution in [2.45, 2.75) is 0 Å². The van der Waals surface area contributed by atoms with Gasteiger partial charge in [0.1, 0.15) is 0 Å². The SMILES string of the molecule is O=C(/C=C(\Nc1ccccc1/C=C/c1ccccc1)c1ccccc1)c1ccccc1. The Morgan fingerprint density at radius 2 is 1.13 bits per heavy atom. The van der Waals surface area contributed by atoms with Crippen LogP contribution in [0, 0.1) is 0 Å². The molecule has 0 amide bonds. The van der Waals surface area contributed by atoms with E-state index in [-0.39, 0.29) is 5.78 Å². The second-order valence-corrected chi connectivity index (χ2v) is 7.11. The van der Waals surface area contributed by atoms with E-state index in [1.165, 1.54) is 0 Å². The van der Waals surface area contributed by atoms with Gasteiger partial charge in [0.25, 0.3) is 0 Å². The maximum atomic E-state index is 12.9. The van der Waals surface area contributed by atoms with Crippen LogP contribution in [0.5, 0.6) is 0 Å². The summed E-state index contributed by atoms with van der Waals surface area (Å²) in [6.07, 6.45) is 5.84. The minimum absolute atomic E-state index is 0.0377. The first-order chi connectivity index (χ1) is 15.3. The maximum absolute atomic E-state index is 12.9. The fourth-order valence-corrected chi connectivity index (χ4v) is 3.28. The van der Waals surface area contributed by atoms with Crippen LogP contribution >= 0.6 is 0 Å². The summed E-state index contributed by atoms with van der Waals surface area (Å²) in [7, 11) is 0. The molecule has 0 aliphatic heterocycles. The zero-order valence-electron chi connectivity index (χ0n) is 17.1. The molecular weight excluding hydrogens is 378 g/mol. The molecule has 0 atom stereocenters. The molecule has 0 aromatic heterocycles. The molecule has 2 heteroatoms. The van der Waals surface area contributed by atoms with Crippen LogP contribution in [0.4, 0.5) is 5.69 Å². The molecule has 31 heavy (non-hydrogen) atoms. The molecule has 0 bridgehead atoms. The van der Waals surface area contributed by atoms with E-state index in [4.69, 9.17) is 0 Å². The molecule has 0 unspecified atom stereocenters. The van der Waals surface area contributed by atoms with Crippen molar-refractivity contribution in [2.75, 3.05) is 5.32 Å². The molecule has 2 nitrogen and oxygen atoms in total. The lowest BCUT2D eigenvalue weighted by atomic mass is 10.1. The topological polar surface area (TPSA) is 29.1 Å². The lowest BCUT2D eigenvalue weighted by molar-refractivity contribution is 0.104. The number of para-hydroxylation sites is 1. The summed E-state index contributed by atoms with van der Waals surface area (Å²) in [5.41, 5.74) is 5.49. The second kappa shape index (κ2) is 10.0. The highest BCUT2D eigenvalue weighted by molar-refractivity contribution is 6.09. The van der Waals surface area contributed by atoms with Crippen LogP contribution in [0.1, 0.15) is 27.0 Å². The molecular formula is C29H23NO. The molecule has 0 spiro atoms. The highest BCUT2D eigenvalue weighted by Gasteiger charge is 2.09. The lowest BCUT2D eigenvalue weighted by Crippen LogP contribution is -2.04. The largest absolute Gasteiger partial charge is 0.354 e.